The standard InChI is InChI=1S/C19H31N3O/c1-4-23-19(20)15-12-13-17(18(14-15)22(2)3)21-16-10-8-6-5-7-9-11-16/h12-14,16,20-21H,4-11H2,1-3H3. The van der Waals surface area contributed by atoms with Crippen LogP contribution in [0, 0.1) is 5.41 Å². The third-order valence-corrected chi connectivity index (χ3v) is 4.50. The fourth-order valence-electron chi connectivity index (χ4n) is 3.21. The summed E-state index contributed by atoms with van der Waals surface area (Å²) in [6.07, 6.45) is 9.27. The second-order valence-corrected chi connectivity index (χ2v) is 6.57. The second-order valence-electron chi connectivity index (χ2n) is 6.57. The molecule has 1 fully saturated rings. The largest absolute Gasteiger partial charge is 0.478 e. The van der Waals surface area contributed by atoms with Gasteiger partial charge in [0, 0.05) is 25.7 Å². The monoisotopic (exact) mass is 317 g/mol. The first kappa shape index (κ1) is 17.6. The Morgan fingerprint density at radius 1 is 1.17 bits per heavy atom. The smallest absolute Gasteiger partial charge is 0.213 e. The van der Waals surface area contributed by atoms with Crippen molar-refractivity contribution in [2.24, 2.45) is 0 Å². The maximum Gasteiger partial charge on any atom is 0.213 e. The molecule has 4 heteroatoms. The van der Waals surface area contributed by atoms with Gasteiger partial charge in [0.05, 0.1) is 18.0 Å². The number of hydrogen-bond acceptors (Lipinski definition) is 4. The molecule has 1 aliphatic carbocycles. The van der Waals surface area contributed by atoms with Gasteiger partial charge in [0.2, 0.25) is 5.90 Å². The van der Waals surface area contributed by atoms with Crippen LogP contribution in [0.25, 0.3) is 0 Å². The SMILES string of the molecule is CCOC(=N)c1ccc(NC2CCCCCCC2)c(N(C)C)c1. The molecule has 1 aromatic carbocycles. The summed E-state index contributed by atoms with van der Waals surface area (Å²) in [5.74, 6) is 0.244. The van der Waals surface area contributed by atoms with Gasteiger partial charge in [-0.25, -0.2) is 0 Å². The third-order valence-electron chi connectivity index (χ3n) is 4.50. The molecule has 1 aliphatic rings. The Hall–Kier alpha value is -1.71. The van der Waals surface area contributed by atoms with Crippen LogP contribution >= 0.6 is 0 Å². The van der Waals surface area contributed by atoms with Gasteiger partial charge in [-0.3, -0.25) is 5.41 Å². The Balaban J connectivity index is 2.14. The Bertz CT molecular complexity index is 505. The van der Waals surface area contributed by atoms with E-state index in [4.69, 9.17) is 10.1 Å². The minimum atomic E-state index is 0.244. The maximum atomic E-state index is 7.98. The molecule has 0 radical (unpaired) electrons. The van der Waals surface area contributed by atoms with Crippen LogP contribution in [-0.4, -0.2) is 32.6 Å². The number of benzene rings is 1. The number of nitrogens with one attached hydrogen (secondary N) is 2. The number of ether oxygens (including phenoxy) is 1. The van der Waals surface area contributed by atoms with E-state index in [9.17, 15) is 0 Å². The van der Waals surface area contributed by atoms with E-state index in [1.54, 1.807) is 0 Å². The first-order valence-corrected chi connectivity index (χ1v) is 8.91. The summed E-state index contributed by atoms with van der Waals surface area (Å²) in [5.41, 5.74) is 3.11. The van der Waals surface area contributed by atoms with Gasteiger partial charge in [-0.2, -0.15) is 0 Å². The Morgan fingerprint density at radius 2 is 1.83 bits per heavy atom. The normalized spacial score (nSPS) is 16.3. The fraction of sp³-hybridized carbons (Fsp3) is 0.632. The molecule has 0 amide bonds. The molecule has 0 aromatic heterocycles. The van der Waals surface area contributed by atoms with Crippen LogP contribution in [0.3, 0.4) is 0 Å². The molecule has 128 valence electrons. The van der Waals surface area contributed by atoms with Crippen molar-refractivity contribution >= 4 is 17.3 Å². The fourth-order valence-corrected chi connectivity index (χ4v) is 3.21. The summed E-state index contributed by atoms with van der Waals surface area (Å²) >= 11 is 0. The molecule has 23 heavy (non-hydrogen) atoms. The first-order valence-electron chi connectivity index (χ1n) is 8.91. The predicted molar refractivity (Wildman–Crippen MR) is 99.0 cm³/mol. The molecule has 4 nitrogen and oxygen atoms in total. The Labute approximate surface area is 140 Å². The van der Waals surface area contributed by atoms with Gasteiger partial charge in [0.15, 0.2) is 0 Å². The van der Waals surface area contributed by atoms with E-state index in [0.29, 0.717) is 12.6 Å². The minimum Gasteiger partial charge on any atom is -0.478 e. The molecule has 1 aromatic rings. The summed E-state index contributed by atoms with van der Waals surface area (Å²) in [4.78, 5) is 2.11. The van der Waals surface area contributed by atoms with Crippen LogP contribution in [0.1, 0.15) is 57.4 Å². The van der Waals surface area contributed by atoms with Crippen LogP contribution in [0.2, 0.25) is 0 Å². The van der Waals surface area contributed by atoms with E-state index in [1.807, 2.05) is 33.2 Å². The molecular formula is C19H31N3O. The van der Waals surface area contributed by atoms with Crippen molar-refractivity contribution in [1.82, 2.24) is 0 Å². The predicted octanol–water partition coefficient (Wildman–Crippen LogP) is 4.64. The van der Waals surface area contributed by atoms with Crippen molar-refractivity contribution in [2.75, 3.05) is 30.9 Å². The summed E-state index contributed by atoms with van der Waals surface area (Å²) < 4.78 is 5.33. The van der Waals surface area contributed by atoms with E-state index in [1.165, 1.54) is 44.9 Å². The zero-order chi connectivity index (χ0) is 16.7. The third kappa shape index (κ3) is 5.15. The lowest BCUT2D eigenvalue weighted by Crippen LogP contribution is -2.23. The van der Waals surface area contributed by atoms with Gasteiger partial charge >= 0.3 is 0 Å². The zero-order valence-electron chi connectivity index (χ0n) is 14.8. The van der Waals surface area contributed by atoms with Crippen molar-refractivity contribution in [3.05, 3.63) is 23.8 Å². The molecular weight excluding hydrogens is 286 g/mol. The molecule has 0 heterocycles. The number of anilines is 2. The van der Waals surface area contributed by atoms with E-state index >= 15 is 0 Å². The highest BCUT2D eigenvalue weighted by atomic mass is 16.5. The van der Waals surface area contributed by atoms with Crippen molar-refractivity contribution < 1.29 is 4.74 Å². The van der Waals surface area contributed by atoms with Crippen LogP contribution in [-0.2, 0) is 4.74 Å². The molecule has 2 rings (SSSR count). The number of nitrogens with zero attached hydrogens (tertiary/aromatic N) is 1. The minimum absolute atomic E-state index is 0.244. The molecule has 2 N–H and O–H groups in total. The van der Waals surface area contributed by atoms with Gasteiger partial charge in [-0.1, -0.05) is 32.1 Å². The summed E-state index contributed by atoms with van der Waals surface area (Å²) in [5, 5.41) is 11.7. The van der Waals surface area contributed by atoms with E-state index in [0.717, 1.165) is 16.9 Å². The lowest BCUT2D eigenvalue weighted by Gasteiger charge is -2.26. The summed E-state index contributed by atoms with van der Waals surface area (Å²) in [6.45, 7) is 2.43. The van der Waals surface area contributed by atoms with Crippen molar-refractivity contribution in [2.45, 2.75) is 57.9 Å². The van der Waals surface area contributed by atoms with Crippen molar-refractivity contribution in [3.63, 3.8) is 0 Å². The first-order chi connectivity index (χ1) is 11.1. The maximum absolute atomic E-state index is 7.98. The van der Waals surface area contributed by atoms with Crippen LogP contribution in [0.5, 0.6) is 0 Å². The van der Waals surface area contributed by atoms with E-state index < -0.39 is 0 Å². The van der Waals surface area contributed by atoms with E-state index in [2.05, 4.69) is 16.3 Å². The van der Waals surface area contributed by atoms with Crippen molar-refractivity contribution in [3.8, 4) is 0 Å². The molecule has 0 spiro atoms. The molecule has 0 saturated heterocycles. The molecule has 0 aliphatic heterocycles. The highest BCUT2D eigenvalue weighted by molar-refractivity contribution is 5.94. The number of rotatable bonds is 5. The molecule has 0 bridgehead atoms. The lowest BCUT2D eigenvalue weighted by atomic mass is 9.96. The van der Waals surface area contributed by atoms with Crippen LogP contribution in [0.4, 0.5) is 11.4 Å². The van der Waals surface area contributed by atoms with Gasteiger partial charge in [-0.15, -0.1) is 0 Å². The van der Waals surface area contributed by atoms with Crippen LogP contribution in [0.15, 0.2) is 18.2 Å². The number of hydrogen-bond donors (Lipinski definition) is 2. The van der Waals surface area contributed by atoms with Gasteiger partial charge in [-0.05, 0) is 38.0 Å². The van der Waals surface area contributed by atoms with Crippen molar-refractivity contribution in [1.29, 1.82) is 5.41 Å². The highest BCUT2D eigenvalue weighted by Gasteiger charge is 2.15. The Morgan fingerprint density at radius 3 is 2.43 bits per heavy atom. The summed E-state index contributed by atoms with van der Waals surface area (Å²) in [7, 11) is 4.10. The molecule has 0 atom stereocenters. The Kier molecular flexibility index (Phi) is 6.75. The average Bonchev–Trinajstić information content (AvgIpc) is 2.50. The molecule has 1 saturated carbocycles. The lowest BCUT2D eigenvalue weighted by molar-refractivity contribution is 0.325. The zero-order valence-corrected chi connectivity index (χ0v) is 14.8. The summed E-state index contributed by atoms with van der Waals surface area (Å²) in [6, 6.07) is 6.68. The van der Waals surface area contributed by atoms with Gasteiger partial charge in [0.25, 0.3) is 0 Å². The van der Waals surface area contributed by atoms with Crippen LogP contribution < -0.4 is 10.2 Å². The van der Waals surface area contributed by atoms with Gasteiger partial charge in [0.1, 0.15) is 0 Å². The quantitative estimate of drug-likeness (QED) is 0.614. The molecule has 0 unspecified atom stereocenters. The highest BCUT2D eigenvalue weighted by Crippen LogP contribution is 2.29. The van der Waals surface area contributed by atoms with Gasteiger partial charge < -0.3 is 15.0 Å². The second kappa shape index (κ2) is 8.80. The van der Waals surface area contributed by atoms with E-state index in [-0.39, 0.29) is 5.90 Å². The average molecular weight is 317 g/mol. The topological polar surface area (TPSA) is 48.4 Å².